The summed E-state index contributed by atoms with van der Waals surface area (Å²) in [5, 5.41) is 6.58. The van der Waals surface area contributed by atoms with Gasteiger partial charge in [0.2, 0.25) is 16.8 Å². The van der Waals surface area contributed by atoms with Gasteiger partial charge in [-0.3, -0.25) is 0 Å². The van der Waals surface area contributed by atoms with Crippen LogP contribution in [0.4, 0.5) is 5.69 Å². The highest BCUT2D eigenvalue weighted by Crippen LogP contribution is 2.32. The van der Waals surface area contributed by atoms with Gasteiger partial charge in [-0.15, -0.1) is 0 Å². The molecule has 0 spiro atoms. The highest BCUT2D eigenvalue weighted by atomic mass is 32.2. The molecule has 0 radical (unpaired) electrons. The maximum Gasteiger partial charge on any atom is 0.243 e. The first-order valence-electron chi connectivity index (χ1n) is 9.39. The molecule has 0 aliphatic carbocycles. The third-order valence-corrected chi connectivity index (χ3v) is 7.10. The molecule has 0 amide bonds. The van der Waals surface area contributed by atoms with Gasteiger partial charge in [-0.05, 0) is 54.5 Å². The average molecular weight is 436 g/mol. The van der Waals surface area contributed by atoms with Crippen LogP contribution in [-0.2, 0) is 16.6 Å². The predicted molar refractivity (Wildman–Crippen MR) is 117 cm³/mol. The first kappa shape index (κ1) is 21.4. The quantitative estimate of drug-likeness (QED) is 0.646. The molecule has 0 saturated heterocycles. The fourth-order valence-corrected chi connectivity index (χ4v) is 4.97. The summed E-state index contributed by atoms with van der Waals surface area (Å²) < 4.78 is 37.9. The first-order chi connectivity index (χ1) is 13.8. The second kappa shape index (κ2) is 8.98. The van der Waals surface area contributed by atoms with E-state index in [2.05, 4.69) is 10.6 Å². The fraction of sp³-hybridized carbons (Fsp3) is 0.350. The largest absolute Gasteiger partial charge is 0.454 e. The minimum Gasteiger partial charge on any atom is -0.454 e. The van der Waals surface area contributed by atoms with Crippen molar-refractivity contribution in [1.82, 2.24) is 9.62 Å². The summed E-state index contributed by atoms with van der Waals surface area (Å²) in [5.74, 6) is 1.45. The van der Waals surface area contributed by atoms with Crippen LogP contribution in [0.15, 0.2) is 41.3 Å². The standard InChI is InChI=1S/C20H25N3O4S2/c1-4-23(5-2)29(24,25)19-11-16(8-6-14(19)3)22-20(28)21-12-15-7-9-17-18(10-15)27-13-26-17/h6-11H,4-5,12-13H2,1-3H3,(H2,21,22,28). The van der Waals surface area contributed by atoms with Crippen LogP contribution in [-0.4, -0.2) is 37.7 Å². The van der Waals surface area contributed by atoms with Crippen molar-refractivity contribution in [2.24, 2.45) is 0 Å². The van der Waals surface area contributed by atoms with Gasteiger partial charge in [-0.1, -0.05) is 26.0 Å². The van der Waals surface area contributed by atoms with Gasteiger partial charge in [-0.25, -0.2) is 8.42 Å². The van der Waals surface area contributed by atoms with Crippen LogP contribution < -0.4 is 20.1 Å². The number of sulfonamides is 1. The molecule has 2 N–H and O–H groups in total. The average Bonchev–Trinajstić information content (AvgIpc) is 3.16. The zero-order chi connectivity index (χ0) is 21.0. The van der Waals surface area contributed by atoms with Crippen molar-refractivity contribution >= 4 is 33.0 Å². The Bertz CT molecular complexity index is 1000. The van der Waals surface area contributed by atoms with E-state index >= 15 is 0 Å². The van der Waals surface area contributed by atoms with Crippen LogP contribution in [0.5, 0.6) is 11.5 Å². The van der Waals surface area contributed by atoms with Gasteiger partial charge in [0.05, 0.1) is 4.90 Å². The number of nitrogens with zero attached hydrogens (tertiary/aromatic N) is 1. The lowest BCUT2D eigenvalue weighted by Crippen LogP contribution is -2.31. The third-order valence-electron chi connectivity index (χ3n) is 4.66. The number of fused-ring (bicyclic) bond motifs is 1. The number of aryl methyl sites for hydroxylation is 1. The zero-order valence-electron chi connectivity index (χ0n) is 16.7. The maximum absolute atomic E-state index is 12.9. The molecule has 0 bridgehead atoms. The SMILES string of the molecule is CCN(CC)S(=O)(=O)c1cc(NC(=S)NCc2ccc3c(c2)OCO3)ccc1C. The summed E-state index contributed by atoms with van der Waals surface area (Å²) in [7, 11) is -3.55. The van der Waals surface area contributed by atoms with E-state index in [1.165, 1.54) is 4.31 Å². The van der Waals surface area contributed by atoms with E-state index in [9.17, 15) is 8.42 Å². The molecular weight excluding hydrogens is 410 g/mol. The van der Waals surface area contributed by atoms with Crippen molar-refractivity contribution in [2.45, 2.75) is 32.2 Å². The maximum atomic E-state index is 12.9. The molecule has 9 heteroatoms. The van der Waals surface area contributed by atoms with Crippen LogP contribution in [0, 0.1) is 6.92 Å². The van der Waals surface area contributed by atoms with Crippen molar-refractivity contribution < 1.29 is 17.9 Å². The molecule has 2 aromatic rings. The monoisotopic (exact) mass is 435 g/mol. The zero-order valence-corrected chi connectivity index (χ0v) is 18.3. The Hall–Kier alpha value is -2.36. The number of hydrogen-bond donors (Lipinski definition) is 2. The summed E-state index contributed by atoms with van der Waals surface area (Å²) >= 11 is 5.36. The van der Waals surface area contributed by atoms with Crippen LogP contribution in [0.1, 0.15) is 25.0 Å². The lowest BCUT2D eigenvalue weighted by molar-refractivity contribution is 0.174. The van der Waals surface area contributed by atoms with Crippen LogP contribution in [0.25, 0.3) is 0 Å². The predicted octanol–water partition coefficient (Wildman–Crippen LogP) is 3.24. The van der Waals surface area contributed by atoms with Gasteiger partial charge < -0.3 is 20.1 Å². The van der Waals surface area contributed by atoms with Gasteiger partial charge in [0, 0.05) is 25.3 Å². The topological polar surface area (TPSA) is 79.9 Å². The molecule has 0 unspecified atom stereocenters. The Morgan fingerprint density at radius 1 is 1.10 bits per heavy atom. The van der Waals surface area contributed by atoms with Gasteiger partial charge in [0.15, 0.2) is 16.6 Å². The normalized spacial score (nSPS) is 12.8. The minimum atomic E-state index is -3.55. The molecule has 1 heterocycles. The van der Waals surface area contributed by atoms with Crippen LogP contribution in [0.2, 0.25) is 0 Å². The second-order valence-electron chi connectivity index (χ2n) is 6.56. The molecule has 0 saturated carbocycles. The number of nitrogens with one attached hydrogen (secondary N) is 2. The van der Waals surface area contributed by atoms with Crippen molar-refractivity contribution in [1.29, 1.82) is 0 Å². The third kappa shape index (κ3) is 4.80. The number of hydrogen-bond acceptors (Lipinski definition) is 5. The Labute approximate surface area is 177 Å². The summed E-state index contributed by atoms with van der Waals surface area (Å²) in [6.07, 6.45) is 0. The molecule has 0 aromatic heterocycles. The van der Waals surface area contributed by atoms with Crippen molar-refractivity contribution in [3.8, 4) is 11.5 Å². The molecule has 3 rings (SSSR count). The van der Waals surface area contributed by atoms with E-state index in [-0.39, 0.29) is 11.7 Å². The van der Waals surface area contributed by atoms with E-state index in [4.69, 9.17) is 21.7 Å². The Morgan fingerprint density at radius 2 is 1.83 bits per heavy atom. The second-order valence-corrected chi connectivity index (χ2v) is 8.88. The first-order valence-corrected chi connectivity index (χ1v) is 11.2. The molecule has 0 atom stereocenters. The van der Waals surface area contributed by atoms with E-state index in [0.29, 0.717) is 41.7 Å². The molecule has 2 aromatic carbocycles. The van der Waals surface area contributed by atoms with Gasteiger partial charge in [0.25, 0.3) is 0 Å². The Morgan fingerprint density at radius 3 is 2.55 bits per heavy atom. The van der Waals surface area contributed by atoms with E-state index < -0.39 is 10.0 Å². The number of ether oxygens (including phenoxy) is 2. The van der Waals surface area contributed by atoms with Crippen molar-refractivity contribution in [2.75, 3.05) is 25.2 Å². The lowest BCUT2D eigenvalue weighted by Gasteiger charge is -2.20. The van der Waals surface area contributed by atoms with E-state index in [1.54, 1.807) is 19.1 Å². The summed E-state index contributed by atoms with van der Waals surface area (Å²) in [5.41, 5.74) is 2.30. The number of anilines is 1. The van der Waals surface area contributed by atoms with E-state index in [0.717, 1.165) is 11.3 Å². The minimum absolute atomic E-state index is 0.234. The highest BCUT2D eigenvalue weighted by molar-refractivity contribution is 7.89. The van der Waals surface area contributed by atoms with Crippen molar-refractivity contribution in [3.63, 3.8) is 0 Å². The van der Waals surface area contributed by atoms with Crippen LogP contribution >= 0.6 is 12.2 Å². The van der Waals surface area contributed by atoms with Gasteiger partial charge >= 0.3 is 0 Å². The Kier molecular flexibility index (Phi) is 6.61. The van der Waals surface area contributed by atoms with E-state index in [1.807, 2.05) is 38.1 Å². The van der Waals surface area contributed by atoms with Gasteiger partial charge in [-0.2, -0.15) is 4.31 Å². The molecular formula is C20H25N3O4S2. The summed E-state index contributed by atoms with van der Waals surface area (Å²) in [4.78, 5) is 0.282. The van der Waals surface area contributed by atoms with Crippen molar-refractivity contribution in [3.05, 3.63) is 47.5 Å². The van der Waals surface area contributed by atoms with Gasteiger partial charge in [0.1, 0.15) is 0 Å². The number of benzene rings is 2. The smallest absolute Gasteiger partial charge is 0.243 e. The Balaban J connectivity index is 1.68. The molecule has 7 nitrogen and oxygen atoms in total. The lowest BCUT2D eigenvalue weighted by atomic mass is 10.2. The van der Waals surface area contributed by atoms with Crippen LogP contribution in [0.3, 0.4) is 0 Å². The number of thiocarbonyl (C=S) groups is 1. The highest BCUT2D eigenvalue weighted by Gasteiger charge is 2.24. The molecule has 0 fully saturated rings. The summed E-state index contributed by atoms with van der Waals surface area (Å²) in [6, 6.07) is 10.9. The number of rotatable bonds is 7. The molecule has 1 aliphatic heterocycles. The summed E-state index contributed by atoms with van der Waals surface area (Å²) in [6.45, 7) is 7.02. The molecule has 156 valence electrons. The molecule has 1 aliphatic rings. The fourth-order valence-electron chi connectivity index (χ4n) is 3.07. The molecule has 29 heavy (non-hydrogen) atoms.